The number of rotatable bonds is 7. The van der Waals surface area contributed by atoms with Crippen LogP contribution in [0.2, 0.25) is 0 Å². The maximum Gasteiger partial charge on any atom is 0.245 e. The Bertz CT molecular complexity index is 1010. The van der Waals surface area contributed by atoms with Crippen LogP contribution in [0.5, 0.6) is 23.0 Å². The second-order valence-corrected chi connectivity index (χ2v) is 8.12. The maximum absolute atomic E-state index is 12.6. The summed E-state index contributed by atoms with van der Waals surface area (Å²) >= 11 is 0. The first kappa shape index (κ1) is 20.6. The number of nitrogens with one attached hydrogen (secondary N) is 1. The Morgan fingerprint density at radius 1 is 1.07 bits per heavy atom. The zero-order valence-corrected chi connectivity index (χ0v) is 17.1. The molecule has 29 heavy (non-hydrogen) atoms. The fourth-order valence-electron chi connectivity index (χ4n) is 2.82. The van der Waals surface area contributed by atoms with Crippen molar-refractivity contribution < 1.29 is 32.2 Å². The topological polar surface area (TPSA) is 103 Å². The van der Waals surface area contributed by atoms with Crippen LogP contribution in [0.3, 0.4) is 0 Å². The van der Waals surface area contributed by atoms with E-state index in [9.17, 15) is 13.2 Å². The third kappa shape index (κ3) is 4.83. The Balaban J connectivity index is 1.84. The minimum atomic E-state index is -3.74. The molecule has 1 aliphatic heterocycles. The number of carbonyl (C=O) groups is 1. The number of hydrogen-bond acceptors (Lipinski definition) is 7. The number of ether oxygens (including phenoxy) is 4. The Labute approximate surface area is 169 Å². The van der Waals surface area contributed by atoms with Gasteiger partial charge in [0, 0.05) is 12.1 Å². The summed E-state index contributed by atoms with van der Waals surface area (Å²) in [5, 5.41) is 2.66. The van der Waals surface area contributed by atoms with Gasteiger partial charge in [-0.2, -0.15) is 0 Å². The van der Waals surface area contributed by atoms with Gasteiger partial charge in [-0.3, -0.25) is 9.10 Å². The Morgan fingerprint density at radius 3 is 2.45 bits per heavy atom. The summed E-state index contributed by atoms with van der Waals surface area (Å²) in [6.07, 6.45) is 1.03. The van der Waals surface area contributed by atoms with Crippen LogP contribution >= 0.6 is 0 Å². The van der Waals surface area contributed by atoms with E-state index in [4.69, 9.17) is 18.9 Å². The van der Waals surface area contributed by atoms with E-state index >= 15 is 0 Å². The largest absolute Gasteiger partial charge is 0.497 e. The van der Waals surface area contributed by atoms with E-state index < -0.39 is 22.5 Å². The zero-order chi connectivity index (χ0) is 21.0. The molecule has 0 saturated heterocycles. The molecule has 156 valence electrons. The van der Waals surface area contributed by atoms with E-state index in [0.717, 1.165) is 10.6 Å². The van der Waals surface area contributed by atoms with Crippen molar-refractivity contribution in [1.29, 1.82) is 0 Å². The van der Waals surface area contributed by atoms with Gasteiger partial charge in [0.2, 0.25) is 15.9 Å². The summed E-state index contributed by atoms with van der Waals surface area (Å²) < 4.78 is 47.0. The number of amides is 1. The second-order valence-electron chi connectivity index (χ2n) is 6.21. The summed E-state index contributed by atoms with van der Waals surface area (Å²) in [5.74, 6) is 1.35. The van der Waals surface area contributed by atoms with Crippen molar-refractivity contribution >= 4 is 27.3 Å². The lowest BCUT2D eigenvalue weighted by Gasteiger charge is -2.25. The number of benzene rings is 2. The highest BCUT2D eigenvalue weighted by atomic mass is 32.2. The molecular formula is C19H22N2O7S. The van der Waals surface area contributed by atoms with Gasteiger partial charge in [-0.1, -0.05) is 0 Å². The quantitative estimate of drug-likeness (QED) is 0.727. The normalized spacial score (nSPS) is 12.8. The molecule has 0 aromatic heterocycles. The lowest BCUT2D eigenvalue weighted by atomic mass is 10.2. The third-order valence-corrected chi connectivity index (χ3v) is 5.32. The summed E-state index contributed by atoms with van der Waals surface area (Å²) in [5.41, 5.74) is 0.664. The van der Waals surface area contributed by atoms with Gasteiger partial charge in [0.1, 0.15) is 31.3 Å². The molecule has 10 heteroatoms. The summed E-state index contributed by atoms with van der Waals surface area (Å²) in [4.78, 5) is 12.6. The molecule has 1 amide bonds. The monoisotopic (exact) mass is 422 g/mol. The molecule has 0 radical (unpaired) electrons. The highest BCUT2D eigenvalue weighted by Gasteiger charge is 2.24. The zero-order valence-electron chi connectivity index (χ0n) is 16.3. The highest BCUT2D eigenvalue weighted by molar-refractivity contribution is 7.92. The summed E-state index contributed by atoms with van der Waals surface area (Å²) in [6, 6.07) is 9.63. The number of carbonyl (C=O) groups excluding carboxylic acids is 1. The molecule has 0 atom stereocenters. The molecule has 1 N–H and O–H groups in total. The minimum Gasteiger partial charge on any atom is -0.497 e. The van der Waals surface area contributed by atoms with Crippen LogP contribution in [0.15, 0.2) is 36.4 Å². The van der Waals surface area contributed by atoms with Crippen molar-refractivity contribution in [3.63, 3.8) is 0 Å². The van der Waals surface area contributed by atoms with Crippen LogP contribution in [0, 0.1) is 0 Å². The average Bonchev–Trinajstić information content (AvgIpc) is 2.70. The number of nitrogens with zero attached hydrogens (tertiary/aromatic N) is 1. The summed E-state index contributed by atoms with van der Waals surface area (Å²) in [7, 11) is -0.772. The van der Waals surface area contributed by atoms with Gasteiger partial charge in [-0.15, -0.1) is 0 Å². The SMILES string of the molecule is COc1ccc(OC)c(NC(=O)CN(c2ccc3c(c2)OCCO3)S(C)(=O)=O)c1. The molecule has 0 saturated carbocycles. The number of methoxy groups -OCH3 is 2. The molecule has 2 aromatic carbocycles. The number of fused-ring (bicyclic) bond motifs is 1. The predicted octanol–water partition coefficient (Wildman–Crippen LogP) is 1.88. The van der Waals surface area contributed by atoms with Crippen molar-refractivity contribution in [3.8, 4) is 23.0 Å². The molecule has 0 fully saturated rings. The third-order valence-electron chi connectivity index (χ3n) is 4.18. The fourth-order valence-corrected chi connectivity index (χ4v) is 3.67. The van der Waals surface area contributed by atoms with Gasteiger partial charge in [-0.05, 0) is 24.3 Å². The van der Waals surface area contributed by atoms with Gasteiger partial charge in [0.25, 0.3) is 0 Å². The first-order chi connectivity index (χ1) is 13.8. The van der Waals surface area contributed by atoms with Crippen molar-refractivity contribution in [2.24, 2.45) is 0 Å². The van der Waals surface area contributed by atoms with E-state index in [1.807, 2.05) is 0 Å². The van der Waals surface area contributed by atoms with E-state index in [-0.39, 0.29) is 0 Å². The van der Waals surface area contributed by atoms with Crippen LogP contribution in [0.1, 0.15) is 0 Å². The van der Waals surface area contributed by atoms with Gasteiger partial charge in [0.05, 0.1) is 31.9 Å². The standard InChI is InChI=1S/C19H22N2O7S/c1-25-14-5-7-16(26-2)15(11-14)20-19(22)12-21(29(3,23)24)13-4-6-17-18(10-13)28-9-8-27-17/h4-7,10-11H,8-9,12H2,1-3H3,(H,20,22). The lowest BCUT2D eigenvalue weighted by Crippen LogP contribution is -2.37. The van der Waals surface area contributed by atoms with Gasteiger partial charge < -0.3 is 24.3 Å². The van der Waals surface area contributed by atoms with Crippen LogP contribution in [-0.2, 0) is 14.8 Å². The van der Waals surface area contributed by atoms with Crippen molar-refractivity contribution in [1.82, 2.24) is 0 Å². The van der Waals surface area contributed by atoms with Gasteiger partial charge in [-0.25, -0.2) is 8.42 Å². The Kier molecular flexibility index (Phi) is 6.02. The van der Waals surface area contributed by atoms with E-state index in [2.05, 4.69) is 5.32 Å². The first-order valence-corrected chi connectivity index (χ1v) is 10.6. The Hall–Kier alpha value is -3.14. The minimum absolute atomic E-state index is 0.296. The molecule has 9 nitrogen and oxygen atoms in total. The molecule has 1 aliphatic rings. The molecule has 0 unspecified atom stereocenters. The van der Waals surface area contributed by atoms with Crippen LogP contribution in [-0.4, -0.2) is 54.6 Å². The van der Waals surface area contributed by atoms with Crippen LogP contribution < -0.4 is 28.6 Å². The van der Waals surface area contributed by atoms with E-state index in [1.54, 1.807) is 30.3 Å². The molecule has 1 heterocycles. The van der Waals surface area contributed by atoms with E-state index in [0.29, 0.717) is 47.6 Å². The molecule has 0 spiro atoms. The molecular weight excluding hydrogens is 400 g/mol. The number of sulfonamides is 1. The predicted molar refractivity (Wildman–Crippen MR) is 108 cm³/mol. The first-order valence-electron chi connectivity index (χ1n) is 8.71. The van der Waals surface area contributed by atoms with Crippen LogP contribution in [0.4, 0.5) is 11.4 Å². The van der Waals surface area contributed by atoms with Gasteiger partial charge >= 0.3 is 0 Å². The van der Waals surface area contributed by atoms with Crippen LogP contribution in [0.25, 0.3) is 0 Å². The molecule has 3 rings (SSSR count). The second kappa shape index (κ2) is 8.48. The number of hydrogen-bond donors (Lipinski definition) is 1. The van der Waals surface area contributed by atoms with E-state index in [1.165, 1.54) is 20.3 Å². The van der Waals surface area contributed by atoms with Crippen molar-refractivity contribution in [2.45, 2.75) is 0 Å². The molecule has 0 bridgehead atoms. The highest BCUT2D eigenvalue weighted by Crippen LogP contribution is 2.35. The van der Waals surface area contributed by atoms with Gasteiger partial charge in [0.15, 0.2) is 11.5 Å². The maximum atomic E-state index is 12.6. The Morgan fingerprint density at radius 2 is 1.79 bits per heavy atom. The molecule has 2 aromatic rings. The number of anilines is 2. The fraction of sp³-hybridized carbons (Fsp3) is 0.316. The van der Waals surface area contributed by atoms with Crippen molar-refractivity contribution in [2.75, 3.05) is 49.9 Å². The average molecular weight is 422 g/mol. The lowest BCUT2D eigenvalue weighted by molar-refractivity contribution is -0.114. The smallest absolute Gasteiger partial charge is 0.245 e. The summed E-state index contributed by atoms with van der Waals surface area (Å²) in [6.45, 7) is 0.358. The van der Waals surface area contributed by atoms with Crippen molar-refractivity contribution in [3.05, 3.63) is 36.4 Å². The molecule has 0 aliphatic carbocycles.